The fraction of sp³-hybridized carbons (Fsp3) is 0.435. The van der Waals surface area contributed by atoms with E-state index < -0.39 is 0 Å². The third kappa shape index (κ3) is 3.84. The second-order valence-corrected chi connectivity index (χ2v) is 8.33. The minimum absolute atomic E-state index is 0.0349. The lowest BCUT2D eigenvalue weighted by atomic mass is 9.91. The third-order valence-corrected chi connectivity index (χ3v) is 6.15. The molecule has 2 amide bonds. The number of hydrogen-bond donors (Lipinski definition) is 1. The highest BCUT2D eigenvalue weighted by Crippen LogP contribution is 2.30. The van der Waals surface area contributed by atoms with Crippen LogP contribution < -0.4 is 0 Å². The fourth-order valence-corrected chi connectivity index (χ4v) is 4.46. The molecule has 1 aromatic carbocycles. The van der Waals surface area contributed by atoms with Crippen molar-refractivity contribution in [1.82, 2.24) is 24.6 Å². The van der Waals surface area contributed by atoms with Gasteiger partial charge in [0.25, 0.3) is 5.91 Å². The molecule has 3 heterocycles. The van der Waals surface area contributed by atoms with Gasteiger partial charge in [-0.05, 0) is 30.9 Å². The summed E-state index contributed by atoms with van der Waals surface area (Å²) in [4.78, 5) is 28.7. The van der Waals surface area contributed by atoms with E-state index in [2.05, 4.69) is 33.1 Å². The Kier molecular flexibility index (Phi) is 5.61. The summed E-state index contributed by atoms with van der Waals surface area (Å²) in [6, 6.07) is 8.32. The normalized spacial score (nSPS) is 15.0. The molecule has 3 aromatic rings. The molecule has 1 N–H and O–H groups in total. The van der Waals surface area contributed by atoms with Gasteiger partial charge in [0.15, 0.2) is 0 Å². The molecule has 0 aliphatic carbocycles. The van der Waals surface area contributed by atoms with Gasteiger partial charge in [-0.3, -0.25) is 14.7 Å². The Balaban J connectivity index is 1.35. The van der Waals surface area contributed by atoms with Crippen molar-refractivity contribution < 1.29 is 9.59 Å². The number of aromatic amines is 1. The molecule has 1 aliphatic rings. The molecule has 158 valence electrons. The number of fused-ring (bicyclic) bond motifs is 1. The molecular formula is C23H29N5O2. The minimum Gasteiger partial charge on any atom is -0.350 e. The van der Waals surface area contributed by atoms with Crippen molar-refractivity contribution in [3.63, 3.8) is 0 Å². The Morgan fingerprint density at radius 1 is 1.20 bits per heavy atom. The number of hydrogen-bond acceptors (Lipinski definition) is 3. The predicted molar refractivity (Wildman–Crippen MR) is 116 cm³/mol. The average Bonchev–Trinajstić information content (AvgIpc) is 3.37. The highest BCUT2D eigenvalue weighted by Gasteiger charge is 2.28. The Hall–Kier alpha value is -3.09. The van der Waals surface area contributed by atoms with Gasteiger partial charge in [-0.25, -0.2) is 0 Å². The molecule has 7 nitrogen and oxygen atoms in total. The topological polar surface area (TPSA) is 74.2 Å². The summed E-state index contributed by atoms with van der Waals surface area (Å²) >= 11 is 0. The number of carbonyl (C=O) groups excluding carboxylic acids is 2. The van der Waals surface area contributed by atoms with E-state index in [9.17, 15) is 9.59 Å². The zero-order chi connectivity index (χ0) is 21.3. The van der Waals surface area contributed by atoms with Gasteiger partial charge in [0.05, 0.1) is 17.5 Å². The van der Waals surface area contributed by atoms with Crippen LogP contribution in [0.25, 0.3) is 10.9 Å². The quantitative estimate of drug-likeness (QED) is 0.707. The number of rotatable bonds is 5. The number of amides is 2. The van der Waals surface area contributed by atoms with E-state index in [-0.39, 0.29) is 17.7 Å². The van der Waals surface area contributed by atoms with Crippen molar-refractivity contribution in [2.24, 2.45) is 7.05 Å². The number of likely N-dealkylation sites (tertiary alicyclic amines) is 1. The van der Waals surface area contributed by atoms with Crippen molar-refractivity contribution in [3.8, 4) is 0 Å². The van der Waals surface area contributed by atoms with E-state index in [1.807, 2.05) is 24.1 Å². The van der Waals surface area contributed by atoms with Crippen LogP contribution in [-0.4, -0.2) is 63.6 Å². The lowest BCUT2D eigenvalue weighted by Crippen LogP contribution is -2.38. The largest absolute Gasteiger partial charge is 0.350 e. The molecule has 1 saturated heterocycles. The van der Waals surface area contributed by atoms with Crippen molar-refractivity contribution >= 4 is 22.7 Å². The van der Waals surface area contributed by atoms with Gasteiger partial charge in [-0.2, -0.15) is 5.10 Å². The number of aromatic nitrogens is 3. The second kappa shape index (κ2) is 8.34. The van der Waals surface area contributed by atoms with Crippen LogP contribution in [0.3, 0.4) is 0 Å². The molecule has 0 unspecified atom stereocenters. The fourth-order valence-electron chi connectivity index (χ4n) is 4.46. The van der Waals surface area contributed by atoms with Crippen LogP contribution in [0.1, 0.15) is 46.8 Å². The number of aryl methyl sites for hydroxylation is 2. The first-order valence-corrected chi connectivity index (χ1v) is 10.5. The van der Waals surface area contributed by atoms with Gasteiger partial charge in [-0.15, -0.1) is 0 Å². The van der Waals surface area contributed by atoms with Crippen LogP contribution in [0.5, 0.6) is 0 Å². The van der Waals surface area contributed by atoms with Gasteiger partial charge < -0.3 is 14.4 Å². The molecule has 0 saturated carbocycles. The highest BCUT2D eigenvalue weighted by atomic mass is 16.2. The standard InChI is InChI=1S/C23H29N5O2/c1-26(2)23(30)19-14-24-25-22(19)16-10-12-28(13-11-16)21(29)9-8-17-15-27(3)20-7-5-4-6-18(17)20/h4-7,14-16H,8-13H2,1-3H3,(H,24,25). The van der Waals surface area contributed by atoms with E-state index in [4.69, 9.17) is 0 Å². The lowest BCUT2D eigenvalue weighted by Gasteiger charge is -2.32. The average molecular weight is 408 g/mol. The molecule has 0 atom stereocenters. The summed E-state index contributed by atoms with van der Waals surface area (Å²) in [6.07, 6.45) is 6.70. The smallest absolute Gasteiger partial charge is 0.256 e. The lowest BCUT2D eigenvalue weighted by molar-refractivity contribution is -0.132. The van der Waals surface area contributed by atoms with Crippen LogP contribution in [-0.2, 0) is 18.3 Å². The molecule has 30 heavy (non-hydrogen) atoms. The number of piperidine rings is 1. The number of para-hydroxylation sites is 1. The summed E-state index contributed by atoms with van der Waals surface area (Å²) in [7, 11) is 5.54. The summed E-state index contributed by atoms with van der Waals surface area (Å²) < 4.78 is 2.12. The Morgan fingerprint density at radius 2 is 1.93 bits per heavy atom. The van der Waals surface area contributed by atoms with E-state index in [1.165, 1.54) is 16.5 Å². The van der Waals surface area contributed by atoms with Gasteiger partial charge in [-0.1, -0.05) is 18.2 Å². The van der Waals surface area contributed by atoms with Crippen molar-refractivity contribution in [3.05, 3.63) is 53.5 Å². The van der Waals surface area contributed by atoms with Gasteiger partial charge >= 0.3 is 0 Å². The van der Waals surface area contributed by atoms with Crippen LogP contribution in [0.4, 0.5) is 0 Å². The maximum Gasteiger partial charge on any atom is 0.256 e. The summed E-state index contributed by atoms with van der Waals surface area (Å²) in [5, 5.41) is 8.33. The molecule has 4 rings (SSSR count). The molecule has 1 fully saturated rings. The number of nitrogens with one attached hydrogen (secondary N) is 1. The van der Waals surface area contributed by atoms with E-state index >= 15 is 0 Å². The van der Waals surface area contributed by atoms with Crippen LogP contribution in [0.2, 0.25) is 0 Å². The number of H-pyrrole nitrogens is 1. The Morgan fingerprint density at radius 3 is 2.67 bits per heavy atom. The highest BCUT2D eigenvalue weighted by molar-refractivity contribution is 5.95. The Labute approximate surface area is 176 Å². The van der Waals surface area contributed by atoms with Gasteiger partial charge in [0.1, 0.15) is 0 Å². The van der Waals surface area contributed by atoms with Crippen molar-refractivity contribution in [2.45, 2.75) is 31.6 Å². The van der Waals surface area contributed by atoms with E-state index in [0.29, 0.717) is 25.1 Å². The monoisotopic (exact) mass is 407 g/mol. The van der Waals surface area contributed by atoms with E-state index in [1.54, 1.807) is 25.2 Å². The number of nitrogens with zero attached hydrogens (tertiary/aromatic N) is 4. The summed E-state index contributed by atoms with van der Waals surface area (Å²) in [5.74, 6) is 0.399. The second-order valence-electron chi connectivity index (χ2n) is 8.33. The maximum absolute atomic E-state index is 12.8. The van der Waals surface area contributed by atoms with Crippen molar-refractivity contribution in [2.75, 3.05) is 27.2 Å². The molecule has 2 aromatic heterocycles. The first-order chi connectivity index (χ1) is 14.5. The molecule has 0 radical (unpaired) electrons. The number of carbonyl (C=O) groups is 2. The molecular weight excluding hydrogens is 378 g/mol. The van der Waals surface area contributed by atoms with Gasteiger partial charge in [0.2, 0.25) is 5.91 Å². The third-order valence-electron chi connectivity index (χ3n) is 6.15. The van der Waals surface area contributed by atoms with Crippen molar-refractivity contribution in [1.29, 1.82) is 0 Å². The number of benzene rings is 1. The molecule has 7 heteroatoms. The molecule has 0 spiro atoms. The Bertz CT molecular complexity index is 1060. The zero-order valence-electron chi connectivity index (χ0n) is 17.9. The van der Waals surface area contributed by atoms with Crippen LogP contribution in [0, 0.1) is 0 Å². The van der Waals surface area contributed by atoms with Gasteiger partial charge in [0, 0.05) is 63.7 Å². The van der Waals surface area contributed by atoms with E-state index in [0.717, 1.165) is 25.0 Å². The van der Waals surface area contributed by atoms with Crippen LogP contribution >= 0.6 is 0 Å². The minimum atomic E-state index is -0.0349. The summed E-state index contributed by atoms with van der Waals surface area (Å²) in [5.41, 5.74) is 3.96. The summed E-state index contributed by atoms with van der Waals surface area (Å²) in [6.45, 7) is 1.43. The van der Waals surface area contributed by atoms with Crippen LogP contribution in [0.15, 0.2) is 36.7 Å². The maximum atomic E-state index is 12.8. The SMILES string of the molecule is CN(C)C(=O)c1cn[nH]c1C1CCN(C(=O)CCc2cn(C)c3ccccc23)CC1. The first kappa shape index (κ1) is 20.2. The molecule has 1 aliphatic heterocycles. The first-order valence-electron chi connectivity index (χ1n) is 10.5. The zero-order valence-corrected chi connectivity index (χ0v) is 17.9. The predicted octanol–water partition coefficient (Wildman–Crippen LogP) is 2.94. The molecule has 0 bridgehead atoms.